The van der Waals surface area contributed by atoms with Crippen LogP contribution in [0.25, 0.3) is 0 Å². The highest BCUT2D eigenvalue weighted by molar-refractivity contribution is 7.89. The summed E-state index contributed by atoms with van der Waals surface area (Å²) in [6.45, 7) is 2.72. The fraction of sp³-hybridized carbons (Fsp3) is 0.500. The summed E-state index contributed by atoms with van der Waals surface area (Å²) in [5.74, 6) is -1.19. The van der Waals surface area contributed by atoms with E-state index in [-0.39, 0.29) is 23.2 Å². The third kappa shape index (κ3) is 2.26. The lowest BCUT2D eigenvalue weighted by molar-refractivity contribution is 0.0393. The molecule has 7 nitrogen and oxygen atoms in total. The van der Waals surface area contributed by atoms with E-state index < -0.39 is 16.0 Å². The van der Waals surface area contributed by atoms with Gasteiger partial charge in [0, 0.05) is 18.8 Å². The van der Waals surface area contributed by atoms with Gasteiger partial charge in [0.05, 0.1) is 13.2 Å². The Morgan fingerprint density at radius 2 is 2.33 bits per heavy atom. The van der Waals surface area contributed by atoms with Crippen LogP contribution >= 0.6 is 0 Å². The van der Waals surface area contributed by atoms with Crippen LogP contribution < -0.4 is 0 Å². The number of carbonyl (C=O) groups is 1. The maximum absolute atomic E-state index is 12.3. The molecule has 8 heteroatoms. The molecule has 0 bridgehead atoms. The lowest BCUT2D eigenvalue weighted by Gasteiger charge is -2.31. The van der Waals surface area contributed by atoms with Crippen molar-refractivity contribution in [3.8, 4) is 0 Å². The number of hydrogen-bond acceptors (Lipinski definition) is 4. The number of rotatable bonds is 3. The summed E-state index contributed by atoms with van der Waals surface area (Å²) in [7, 11) is -3.67. The third-order valence-electron chi connectivity index (χ3n) is 2.80. The van der Waals surface area contributed by atoms with Crippen molar-refractivity contribution in [3.05, 3.63) is 18.0 Å². The molecule has 1 unspecified atom stereocenters. The molecule has 0 aliphatic carbocycles. The number of aromatic amines is 1. The molecule has 18 heavy (non-hydrogen) atoms. The van der Waals surface area contributed by atoms with Crippen molar-refractivity contribution in [1.29, 1.82) is 0 Å². The van der Waals surface area contributed by atoms with Gasteiger partial charge < -0.3 is 14.8 Å². The van der Waals surface area contributed by atoms with E-state index in [1.165, 1.54) is 10.5 Å². The topological polar surface area (TPSA) is 99.7 Å². The van der Waals surface area contributed by atoms with E-state index in [9.17, 15) is 13.2 Å². The van der Waals surface area contributed by atoms with Gasteiger partial charge in [0.2, 0.25) is 10.0 Å². The number of nitrogens with zero attached hydrogens (tertiary/aromatic N) is 1. The number of sulfonamides is 1. The zero-order chi connectivity index (χ0) is 13.3. The molecule has 0 amide bonds. The number of aromatic carboxylic acids is 1. The number of carboxylic acids is 1. The third-order valence-corrected chi connectivity index (χ3v) is 4.79. The van der Waals surface area contributed by atoms with Crippen LogP contribution in [0.5, 0.6) is 0 Å². The summed E-state index contributed by atoms with van der Waals surface area (Å²) in [5.41, 5.74) is -0.144. The van der Waals surface area contributed by atoms with Gasteiger partial charge in [-0.3, -0.25) is 0 Å². The van der Waals surface area contributed by atoms with Gasteiger partial charge in [0.25, 0.3) is 0 Å². The average molecular weight is 274 g/mol. The Labute approximate surface area is 104 Å². The maximum atomic E-state index is 12.3. The number of hydrogen-bond donors (Lipinski definition) is 2. The molecule has 0 radical (unpaired) electrons. The molecule has 2 rings (SSSR count). The fourth-order valence-corrected chi connectivity index (χ4v) is 3.45. The minimum absolute atomic E-state index is 0.0337. The summed E-state index contributed by atoms with van der Waals surface area (Å²) < 4.78 is 31.1. The van der Waals surface area contributed by atoms with Crippen LogP contribution in [0, 0.1) is 0 Å². The normalized spacial score (nSPS) is 21.9. The molecule has 1 aliphatic heterocycles. The first-order valence-corrected chi connectivity index (χ1v) is 6.88. The van der Waals surface area contributed by atoms with Crippen molar-refractivity contribution in [2.75, 3.05) is 19.8 Å². The Bertz CT molecular complexity index is 550. The van der Waals surface area contributed by atoms with Gasteiger partial charge in [-0.05, 0) is 13.0 Å². The van der Waals surface area contributed by atoms with Crippen molar-refractivity contribution in [1.82, 2.24) is 9.29 Å². The summed E-state index contributed by atoms with van der Waals surface area (Å²) in [6.07, 6.45) is 1.20. The minimum Gasteiger partial charge on any atom is -0.477 e. The zero-order valence-corrected chi connectivity index (χ0v) is 10.6. The molecule has 1 saturated heterocycles. The molecular formula is C10H14N2O5S. The molecule has 1 aromatic heterocycles. The Kier molecular flexibility index (Phi) is 3.42. The highest BCUT2D eigenvalue weighted by Gasteiger charge is 2.32. The Balaban J connectivity index is 2.31. The monoisotopic (exact) mass is 274 g/mol. The second-order valence-electron chi connectivity index (χ2n) is 4.09. The molecule has 1 fully saturated rings. The molecule has 1 aliphatic rings. The Morgan fingerprint density at radius 1 is 1.61 bits per heavy atom. The molecule has 1 aromatic rings. The smallest absolute Gasteiger partial charge is 0.352 e. The zero-order valence-electron chi connectivity index (χ0n) is 9.79. The van der Waals surface area contributed by atoms with Gasteiger partial charge in [-0.15, -0.1) is 0 Å². The fourth-order valence-electron chi connectivity index (χ4n) is 1.85. The van der Waals surface area contributed by atoms with Crippen LogP contribution in [0.3, 0.4) is 0 Å². The van der Waals surface area contributed by atoms with Crippen LogP contribution in [0.4, 0.5) is 0 Å². The van der Waals surface area contributed by atoms with Gasteiger partial charge in [0.1, 0.15) is 10.6 Å². The number of aromatic nitrogens is 1. The van der Waals surface area contributed by atoms with Crippen molar-refractivity contribution in [2.45, 2.75) is 17.9 Å². The highest BCUT2D eigenvalue weighted by atomic mass is 32.2. The summed E-state index contributed by atoms with van der Waals surface area (Å²) in [5, 5.41) is 8.77. The molecular weight excluding hydrogens is 260 g/mol. The number of morpholine rings is 1. The number of ether oxygens (including phenoxy) is 1. The number of H-pyrrole nitrogens is 1. The van der Waals surface area contributed by atoms with Crippen molar-refractivity contribution in [3.63, 3.8) is 0 Å². The molecule has 2 heterocycles. The van der Waals surface area contributed by atoms with E-state index in [2.05, 4.69) is 4.98 Å². The molecule has 0 saturated carbocycles. The van der Waals surface area contributed by atoms with Crippen LogP contribution in [-0.4, -0.2) is 54.6 Å². The minimum atomic E-state index is -3.67. The van der Waals surface area contributed by atoms with Crippen LogP contribution in [0.15, 0.2) is 17.2 Å². The van der Waals surface area contributed by atoms with E-state index in [1.807, 2.05) is 0 Å². The SMILES string of the molecule is CC1COCCN1S(=O)(=O)c1c[nH]c(C(=O)O)c1. The van der Waals surface area contributed by atoms with Gasteiger partial charge in [-0.25, -0.2) is 13.2 Å². The summed E-state index contributed by atoms with van der Waals surface area (Å²) in [6, 6.07) is 0.867. The van der Waals surface area contributed by atoms with Crippen molar-refractivity contribution < 1.29 is 23.1 Å². The standard InChI is InChI=1S/C10H14N2O5S/c1-7-6-17-3-2-12(7)18(15,16)8-4-9(10(13)14)11-5-8/h4-5,7,11H,2-3,6H2,1H3,(H,13,14). The van der Waals surface area contributed by atoms with E-state index in [1.54, 1.807) is 6.92 Å². The summed E-state index contributed by atoms with van der Waals surface area (Å²) in [4.78, 5) is 13.1. The van der Waals surface area contributed by atoms with E-state index >= 15 is 0 Å². The lowest BCUT2D eigenvalue weighted by Crippen LogP contribution is -2.46. The molecule has 0 aromatic carbocycles. The molecule has 2 N–H and O–H groups in total. The molecule has 1 atom stereocenters. The van der Waals surface area contributed by atoms with Crippen molar-refractivity contribution in [2.24, 2.45) is 0 Å². The first-order valence-electron chi connectivity index (χ1n) is 5.44. The van der Waals surface area contributed by atoms with Gasteiger partial charge >= 0.3 is 5.97 Å². The predicted molar refractivity (Wildman–Crippen MR) is 61.9 cm³/mol. The average Bonchev–Trinajstić information content (AvgIpc) is 2.79. The number of carboxylic acid groups (broad SMARTS) is 1. The van der Waals surface area contributed by atoms with Gasteiger partial charge in [0.15, 0.2) is 0 Å². The summed E-state index contributed by atoms with van der Waals surface area (Å²) >= 11 is 0. The van der Waals surface area contributed by atoms with Gasteiger partial charge in [-0.1, -0.05) is 0 Å². The quantitative estimate of drug-likeness (QED) is 0.815. The maximum Gasteiger partial charge on any atom is 0.352 e. The second-order valence-corrected chi connectivity index (χ2v) is 5.98. The van der Waals surface area contributed by atoms with E-state index in [4.69, 9.17) is 9.84 Å². The highest BCUT2D eigenvalue weighted by Crippen LogP contribution is 2.21. The van der Waals surface area contributed by atoms with Crippen LogP contribution in [-0.2, 0) is 14.8 Å². The molecule has 100 valence electrons. The van der Waals surface area contributed by atoms with Gasteiger partial charge in [-0.2, -0.15) is 4.31 Å². The largest absolute Gasteiger partial charge is 0.477 e. The van der Waals surface area contributed by atoms with Crippen LogP contribution in [0.1, 0.15) is 17.4 Å². The first kappa shape index (κ1) is 13.1. The first-order chi connectivity index (χ1) is 8.43. The molecule has 0 spiro atoms. The Hall–Kier alpha value is -1.38. The van der Waals surface area contributed by atoms with Crippen LogP contribution in [0.2, 0.25) is 0 Å². The van der Waals surface area contributed by atoms with Crippen molar-refractivity contribution >= 4 is 16.0 Å². The predicted octanol–water partition coefficient (Wildman–Crippen LogP) is 0.122. The van der Waals surface area contributed by atoms with E-state index in [0.29, 0.717) is 13.2 Å². The van der Waals surface area contributed by atoms with E-state index in [0.717, 1.165) is 6.07 Å². The lowest BCUT2D eigenvalue weighted by atomic mass is 10.3. The second kappa shape index (κ2) is 4.71. The Morgan fingerprint density at radius 3 is 2.89 bits per heavy atom. The number of nitrogens with one attached hydrogen (secondary N) is 1.